The Morgan fingerprint density at radius 1 is 0.220 bits per heavy atom. The van der Waals surface area contributed by atoms with Gasteiger partial charge in [-0.05, 0) is 95.9 Å². The molecule has 132 heavy (non-hydrogen) atoms. The summed E-state index contributed by atoms with van der Waals surface area (Å²) in [6, 6.07) is 62.5. The van der Waals surface area contributed by atoms with Gasteiger partial charge < -0.3 is 61.9 Å². The molecule has 0 aliphatic carbocycles. The smallest absolute Gasteiger partial charge is 0.872 e. The summed E-state index contributed by atoms with van der Waals surface area (Å²) in [6.45, 7) is 25.6. The Bertz CT molecular complexity index is 4270. The van der Waals surface area contributed by atoms with Gasteiger partial charge in [0, 0.05) is 98.2 Å². The molecular formula is C92H100Cl2Mn4N18O16. The first kappa shape index (κ1) is 135. The maximum atomic E-state index is 11.9. The Labute approximate surface area is 819 Å². The van der Waals surface area contributed by atoms with Crippen molar-refractivity contribution < 1.29 is 167 Å². The van der Waals surface area contributed by atoms with Crippen molar-refractivity contribution in [3.63, 3.8) is 0 Å². The van der Waals surface area contributed by atoms with Crippen LogP contribution in [0.25, 0.3) is 10.6 Å². The summed E-state index contributed by atoms with van der Waals surface area (Å²) >= 11 is 0. The molecular weight excluding hydrogens is 1900 g/mol. The number of nitriles is 8. The molecule has 8 aromatic rings. The molecule has 696 valence electrons. The van der Waals surface area contributed by atoms with Gasteiger partial charge in [0.25, 0.3) is 0 Å². The van der Waals surface area contributed by atoms with Crippen LogP contribution in [0, 0.1) is 112 Å². The van der Waals surface area contributed by atoms with Gasteiger partial charge in [0.15, 0.2) is 0 Å². The van der Waals surface area contributed by atoms with Gasteiger partial charge in [-0.1, -0.05) is 296 Å². The Kier molecular flexibility index (Phi) is 88.3. The van der Waals surface area contributed by atoms with E-state index in [-0.39, 0.29) is 114 Å². The molecule has 0 atom stereocenters. The number of aliphatic imine (C=N–C) groups is 8. The average Bonchev–Trinajstić information content (AvgIpc) is 0.889. The normalized spacial score (nSPS) is 10.5. The predicted octanol–water partition coefficient (Wildman–Crippen LogP) is 4.97. The van der Waals surface area contributed by atoms with Gasteiger partial charge in [-0.15, -0.1) is 20.5 Å². The van der Waals surface area contributed by atoms with Crippen LogP contribution >= 0.6 is 0 Å². The third-order valence-corrected chi connectivity index (χ3v) is 15.3. The van der Waals surface area contributed by atoms with Crippen LogP contribution in [0.5, 0.6) is 46.0 Å². The second kappa shape index (κ2) is 86.4. The molecule has 0 bridgehead atoms. The van der Waals surface area contributed by atoms with E-state index in [1.807, 2.05) is 104 Å². The summed E-state index contributed by atoms with van der Waals surface area (Å²) in [7, 11) is -9.89. The molecule has 8 aromatic carbocycles. The molecule has 0 aliphatic rings. The van der Waals surface area contributed by atoms with Crippen molar-refractivity contribution in [3.05, 3.63) is 249 Å². The van der Waals surface area contributed by atoms with E-state index in [1.165, 1.54) is 52.5 Å². The van der Waals surface area contributed by atoms with Crippen LogP contribution in [0.15, 0.2) is 234 Å². The third kappa shape index (κ3) is 65.8. The summed E-state index contributed by atoms with van der Waals surface area (Å²) in [5.74, 6) is -0.0287. The van der Waals surface area contributed by atoms with E-state index in [2.05, 4.69) is 50.6 Å². The standard InChI is InChI=1S/4C20H24N2O2.2C2N3.4C2H3N.2ClHO4.4Mn/c4*1-3-17(15-9-5-7-11-19(15)23)21-13-14-22-18(4-2)16-10-6-8-12-20(16)24;2*3-1-5-2-4;4*1-2-3;2*2-1(3,4)5;;;;/h4*5-12,23-24H,3-4,13-14H2,1-2H3;;;4*1H3;2*(H,2,3,4,5);;;;/q;;;;2*-1;;;;;;;4*+3/p-10. The summed E-state index contributed by atoms with van der Waals surface area (Å²) < 4.78 is 67.9. The van der Waals surface area contributed by atoms with Crippen molar-refractivity contribution in [2.45, 2.75) is 134 Å². The number of nitrogens with zero attached hydrogens (tertiary/aromatic N) is 18. The molecule has 0 saturated carbocycles. The first-order valence-electron chi connectivity index (χ1n) is 39.0. The number of hydrogen-bond acceptors (Lipinski definition) is 32. The molecule has 0 unspecified atom stereocenters. The number of halogens is 2. The molecule has 0 aliphatic heterocycles. The largest absolute Gasteiger partial charge is 3.00 e. The zero-order valence-corrected chi connectivity index (χ0v) is 80.9. The van der Waals surface area contributed by atoms with Crippen LogP contribution in [0.1, 0.15) is 179 Å². The van der Waals surface area contributed by atoms with Gasteiger partial charge in [-0.2, -0.15) is 21.0 Å². The van der Waals surface area contributed by atoms with Crippen molar-refractivity contribution in [1.82, 2.24) is 0 Å². The molecule has 0 amide bonds. The minimum atomic E-state index is -4.94. The van der Waals surface area contributed by atoms with E-state index in [0.29, 0.717) is 148 Å². The topological polar surface area (TPSA) is 686 Å². The molecule has 0 aromatic heterocycles. The van der Waals surface area contributed by atoms with Crippen molar-refractivity contribution in [3.8, 4) is 95.0 Å². The van der Waals surface area contributed by atoms with E-state index < -0.39 is 20.5 Å². The van der Waals surface area contributed by atoms with Gasteiger partial charge in [0.2, 0.25) is 0 Å². The maximum absolute atomic E-state index is 11.9. The average molecular weight is 2000 g/mol. The zero-order valence-electron chi connectivity index (χ0n) is 74.6. The van der Waals surface area contributed by atoms with Gasteiger partial charge in [-0.3, -0.25) is 50.6 Å². The minimum Gasteiger partial charge on any atom is -0.872 e. The summed E-state index contributed by atoms with van der Waals surface area (Å²) in [5.41, 5.74) is 11.7. The molecule has 8 rings (SSSR count). The van der Waals surface area contributed by atoms with Crippen molar-refractivity contribution in [2.75, 3.05) is 52.4 Å². The molecule has 40 heteroatoms. The predicted molar refractivity (Wildman–Crippen MR) is 455 cm³/mol. The monoisotopic (exact) mass is 2000 g/mol. The zero-order chi connectivity index (χ0) is 97.5. The molecule has 0 spiro atoms. The van der Waals surface area contributed by atoms with E-state index in [9.17, 15) is 40.9 Å². The van der Waals surface area contributed by atoms with Crippen LogP contribution in [0.3, 0.4) is 0 Å². The minimum absolute atomic E-state index is 0. The van der Waals surface area contributed by atoms with Crippen molar-refractivity contribution in [2.24, 2.45) is 39.9 Å². The number of benzene rings is 8. The quantitative estimate of drug-likeness (QED) is 0.0270. The molecule has 34 nitrogen and oxygen atoms in total. The molecule has 0 saturated heterocycles. The van der Waals surface area contributed by atoms with Gasteiger partial charge in [0.1, 0.15) is 0 Å². The molecule has 0 radical (unpaired) electrons. The third-order valence-electron chi connectivity index (χ3n) is 15.3. The van der Waals surface area contributed by atoms with Crippen molar-refractivity contribution in [1.29, 1.82) is 42.1 Å². The Morgan fingerprint density at radius 2 is 0.303 bits per heavy atom. The summed E-state index contributed by atoms with van der Waals surface area (Å²) in [5, 5.41) is 159. The molecule has 0 heterocycles. The first-order valence-corrected chi connectivity index (χ1v) is 41.4. The Hall–Kier alpha value is -12.6. The van der Waals surface area contributed by atoms with Gasteiger partial charge >= 0.3 is 68.3 Å². The van der Waals surface area contributed by atoms with Crippen LogP contribution in [-0.2, 0) is 68.3 Å². The second-order valence-electron chi connectivity index (χ2n) is 23.7. The van der Waals surface area contributed by atoms with Gasteiger partial charge in [-0.25, -0.2) is 37.3 Å². The molecule has 0 fully saturated rings. The fraction of sp³-hybridized carbons (Fsp3) is 0.304. The van der Waals surface area contributed by atoms with E-state index in [4.69, 9.17) is 79.4 Å². The Balaban J connectivity index is -0.000000230. The first-order chi connectivity index (χ1) is 61.2. The van der Waals surface area contributed by atoms with E-state index in [1.54, 1.807) is 170 Å². The second-order valence-corrected chi connectivity index (χ2v) is 25.2. The van der Waals surface area contributed by atoms with Crippen molar-refractivity contribution >= 4 is 45.7 Å². The number of para-hydroxylation sites is 8. The van der Waals surface area contributed by atoms with Crippen LogP contribution in [0.4, 0.5) is 0 Å². The van der Waals surface area contributed by atoms with Crippen LogP contribution in [0.2, 0.25) is 0 Å². The van der Waals surface area contributed by atoms with E-state index >= 15 is 0 Å². The maximum Gasteiger partial charge on any atom is 3.00 e. The summed E-state index contributed by atoms with van der Waals surface area (Å²) in [4.78, 5) is 36.2. The number of hydrogen-bond donors (Lipinski definition) is 0. The summed E-state index contributed by atoms with van der Waals surface area (Å²) in [6.07, 6.45) is 10.7. The SMILES string of the molecule is CC#N.CC#N.CC#N.CC#N.CCC(=NCCN=C(CC)c1ccccc1[O-])c1ccccc1[O-].CCC(=NCCN=C(CC)c1ccccc1[O-])c1ccccc1[O-].CCC(=NCCN=C(CC)c1ccccc1[O-])c1ccccc1[O-].CCC(=NCCN=C(CC)c1ccccc1[O-])c1ccccc1[O-].N#C[N-]C#N.N#C[N-]C#N.[Mn+3].[Mn+3].[Mn+3].[Mn+3].[O-][Cl+3]([O-])([O-])[O-].[O-][Cl+3]([O-])([O-])[O-]. The van der Waals surface area contributed by atoms with E-state index in [0.717, 1.165) is 45.7 Å². The van der Waals surface area contributed by atoms with Gasteiger partial charge in [0.05, 0.1) is 76.6 Å². The Morgan fingerprint density at radius 3 is 0.364 bits per heavy atom. The fourth-order valence-electron chi connectivity index (χ4n) is 10.3. The van der Waals surface area contributed by atoms with Crippen LogP contribution < -0.4 is 78.1 Å². The van der Waals surface area contributed by atoms with Crippen LogP contribution in [-0.4, -0.2) is 98.1 Å². The molecule has 0 N–H and O–H groups in total. The number of rotatable bonds is 28. The fourth-order valence-corrected chi connectivity index (χ4v) is 10.3.